The number of fused-ring (bicyclic) bond motifs is 1. The van der Waals surface area contributed by atoms with Crippen molar-refractivity contribution in [3.63, 3.8) is 0 Å². The monoisotopic (exact) mass is 231 g/mol. The Bertz CT molecular complexity index is 604. The second-order valence-corrected chi connectivity index (χ2v) is 3.57. The van der Waals surface area contributed by atoms with Crippen molar-refractivity contribution in [2.24, 2.45) is 0 Å². The summed E-state index contributed by atoms with van der Waals surface area (Å²) in [7, 11) is 0. The average Bonchev–Trinajstić information content (AvgIpc) is 2.69. The van der Waals surface area contributed by atoms with Crippen LogP contribution in [0.4, 0.5) is 0 Å². The van der Waals surface area contributed by atoms with E-state index >= 15 is 0 Å². The topological polar surface area (TPSA) is 53.1 Å². The number of nitrogens with one attached hydrogen (secondary N) is 1. The second-order valence-electron chi connectivity index (χ2n) is 3.25. The molecule has 0 aliphatic carbocycles. The molecule has 0 aliphatic rings. The van der Waals surface area contributed by atoms with Crippen molar-refractivity contribution < 1.29 is 9.90 Å². The molecule has 3 nitrogen and oxygen atoms in total. The number of aromatic amines is 1. The minimum absolute atomic E-state index is 0.189. The molecule has 0 unspecified atom stereocenters. The number of benzene rings is 1. The molecule has 1 heterocycles. The van der Waals surface area contributed by atoms with Crippen LogP contribution in [0.1, 0.15) is 16.1 Å². The molecule has 1 aromatic carbocycles. The van der Waals surface area contributed by atoms with Crippen LogP contribution in [0.25, 0.3) is 10.9 Å². The highest BCUT2D eigenvalue weighted by Crippen LogP contribution is 2.16. The van der Waals surface area contributed by atoms with Gasteiger partial charge in [-0.2, -0.15) is 12.6 Å². The van der Waals surface area contributed by atoms with Gasteiger partial charge in [0.2, 0.25) is 0 Å². The van der Waals surface area contributed by atoms with Gasteiger partial charge in [-0.05, 0) is 18.2 Å². The molecule has 80 valence electrons. The Balaban J connectivity index is 2.49. The third-order valence-corrected chi connectivity index (χ3v) is 2.32. The molecule has 2 rings (SSSR count). The van der Waals surface area contributed by atoms with Crippen LogP contribution in [0.3, 0.4) is 0 Å². The Kier molecular flexibility index (Phi) is 2.88. The second kappa shape index (κ2) is 4.33. The number of thiol groups is 1. The number of H-pyrrole nitrogens is 1. The maximum atomic E-state index is 10.8. The Morgan fingerprint density at radius 1 is 1.44 bits per heavy atom. The lowest BCUT2D eigenvalue weighted by Gasteiger charge is -1.91. The van der Waals surface area contributed by atoms with Crippen molar-refractivity contribution >= 4 is 29.5 Å². The van der Waals surface area contributed by atoms with Crippen molar-refractivity contribution in [2.45, 2.75) is 0 Å². The molecule has 0 saturated carbocycles. The number of carboxylic acid groups (broad SMARTS) is 1. The number of aromatic nitrogens is 1. The molecular formula is C12H9NO2S. The summed E-state index contributed by atoms with van der Waals surface area (Å²) < 4.78 is 0. The van der Waals surface area contributed by atoms with Crippen molar-refractivity contribution in [3.05, 3.63) is 35.5 Å². The third kappa shape index (κ3) is 2.05. The van der Waals surface area contributed by atoms with E-state index in [1.807, 2.05) is 18.2 Å². The Labute approximate surface area is 97.9 Å². The number of hydrogen-bond acceptors (Lipinski definition) is 2. The number of rotatable bonds is 1. The first kappa shape index (κ1) is 10.7. The summed E-state index contributed by atoms with van der Waals surface area (Å²) >= 11 is 4.00. The molecule has 0 amide bonds. The van der Waals surface area contributed by atoms with Crippen LogP contribution in [-0.4, -0.2) is 21.8 Å². The first-order valence-corrected chi connectivity index (χ1v) is 5.30. The molecule has 0 fully saturated rings. The van der Waals surface area contributed by atoms with Gasteiger partial charge in [0.05, 0.1) is 5.75 Å². The fourth-order valence-corrected chi connectivity index (χ4v) is 1.54. The van der Waals surface area contributed by atoms with E-state index in [2.05, 4.69) is 29.5 Å². The van der Waals surface area contributed by atoms with E-state index in [1.165, 1.54) is 0 Å². The summed E-state index contributed by atoms with van der Waals surface area (Å²) in [5.41, 5.74) is 1.82. The number of carboxylic acids is 1. The first-order valence-electron chi connectivity index (χ1n) is 4.66. The quantitative estimate of drug-likeness (QED) is 0.520. The van der Waals surface area contributed by atoms with Crippen LogP contribution < -0.4 is 0 Å². The van der Waals surface area contributed by atoms with E-state index in [4.69, 9.17) is 5.11 Å². The fraction of sp³-hybridized carbons (Fsp3) is 0.0833. The summed E-state index contributed by atoms with van der Waals surface area (Å²) in [6.45, 7) is 0. The van der Waals surface area contributed by atoms with Gasteiger partial charge in [-0.15, -0.1) is 0 Å². The van der Waals surface area contributed by atoms with E-state index in [-0.39, 0.29) is 5.69 Å². The third-order valence-electron chi connectivity index (χ3n) is 2.16. The van der Waals surface area contributed by atoms with Gasteiger partial charge in [0.15, 0.2) is 0 Å². The number of aromatic carboxylic acids is 1. The molecule has 0 atom stereocenters. The van der Waals surface area contributed by atoms with Gasteiger partial charge in [0, 0.05) is 16.5 Å². The Morgan fingerprint density at radius 2 is 2.25 bits per heavy atom. The summed E-state index contributed by atoms with van der Waals surface area (Å²) in [6, 6.07) is 7.14. The van der Waals surface area contributed by atoms with Crippen LogP contribution in [0.2, 0.25) is 0 Å². The highest BCUT2D eigenvalue weighted by Gasteiger charge is 2.06. The van der Waals surface area contributed by atoms with Crippen LogP contribution in [-0.2, 0) is 0 Å². The van der Waals surface area contributed by atoms with Crippen LogP contribution in [0.5, 0.6) is 0 Å². The Morgan fingerprint density at radius 3 is 2.94 bits per heavy atom. The fourth-order valence-electron chi connectivity index (χ4n) is 1.46. The predicted octanol–water partition coefficient (Wildman–Crippen LogP) is 2.15. The van der Waals surface area contributed by atoms with E-state index in [1.54, 1.807) is 6.07 Å². The summed E-state index contributed by atoms with van der Waals surface area (Å²) in [5.74, 6) is 5.32. The highest BCUT2D eigenvalue weighted by atomic mass is 32.1. The van der Waals surface area contributed by atoms with E-state index < -0.39 is 5.97 Å². The minimum Gasteiger partial charge on any atom is -0.477 e. The van der Waals surface area contributed by atoms with Crippen molar-refractivity contribution in [2.75, 3.05) is 5.75 Å². The van der Waals surface area contributed by atoms with Gasteiger partial charge in [-0.1, -0.05) is 17.9 Å². The van der Waals surface area contributed by atoms with Gasteiger partial charge in [-0.3, -0.25) is 0 Å². The molecule has 0 aliphatic heterocycles. The molecule has 2 N–H and O–H groups in total. The van der Waals surface area contributed by atoms with Gasteiger partial charge in [0.1, 0.15) is 5.69 Å². The molecule has 16 heavy (non-hydrogen) atoms. The molecule has 0 radical (unpaired) electrons. The first-order chi connectivity index (χ1) is 7.70. The summed E-state index contributed by atoms with van der Waals surface area (Å²) in [5, 5.41) is 9.70. The normalized spacial score (nSPS) is 9.81. The lowest BCUT2D eigenvalue weighted by Crippen LogP contribution is -1.94. The number of hydrogen-bond donors (Lipinski definition) is 3. The minimum atomic E-state index is -0.959. The van der Waals surface area contributed by atoms with Gasteiger partial charge in [-0.25, -0.2) is 4.79 Å². The maximum Gasteiger partial charge on any atom is 0.352 e. The highest BCUT2D eigenvalue weighted by molar-refractivity contribution is 7.80. The zero-order chi connectivity index (χ0) is 11.5. The molecule has 4 heteroatoms. The predicted molar refractivity (Wildman–Crippen MR) is 66.0 cm³/mol. The molecule has 0 spiro atoms. The van der Waals surface area contributed by atoms with Crippen molar-refractivity contribution in [1.29, 1.82) is 0 Å². The number of carbonyl (C=O) groups is 1. The Hall–Kier alpha value is -1.86. The lowest BCUT2D eigenvalue weighted by atomic mass is 10.2. The standard InChI is InChI=1S/C12H9NO2S/c14-12(15)11-7-9-4-3-8(2-1-5-16)6-10(9)13-11/h3-4,6-7,13,16H,5H2,(H,14,15). The van der Waals surface area contributed by atoms with Crippen LogP contribution >= 0.6 is 12.6 Å². The van der Waals surface area contributed by atoms with E-state index in [0.717, 1.165) is 16.5 Å². The van der Waals surface area contributed by atoms with Crippen molar-refractivity contribution in [1.82, 2.24) is 4.98 Å². The summed E-state index contributed by atoms with van der Waals surface area (Å²) in [6.07, 6.45) is 0. The molecular weight excluding hydrogens is 222 g/mol. The van der Waals surface area contributed by atoms with E-state index in [9.17, 15) is 4.79 Å². The average molecular weight is 231 g/mol. The molecule has 1 aromatic heterocycles. The largest absolute Gasteiger partial charge is 0.477 e. The summed E-state index contributed by atoms with van der Waals surface area (Å²) in [4.78, 5) is 13.6. The lowest BCUT2D eigenvalue weighted by molar-refractivity contribution is 0.0691. The zero-order valence-electron chi connectivity index (χ0n) is 8.32. The van der Waals surface area contributed by atoms with Crippen LogP contribution in [0.15, 0.2) is 24.3 Å². The van der Waals surface area contributed by atoms with Crippen molar-refractivity contribution in [3.8, 4) is 11.8 Å². The van der Waals surface area contributed by atoms with E-state index in [0.29, 0.717) is 5.75 Å². The maximum absolute atomic E-state index is 10.8. The van der Waals surface area contributed by atoms with Crippen LogP contribution in [0, 0.1) is 11.8 Å². The SMILES string of the molecule is O=C(O)c1cc2ccc(C#CCS)cc2[nH]1. The molecule has 0 saturated heterocycles. The van der Waals surface area contributed by atoms with Gasteiger partial charge >= 0.3 is 5.97 Å². The van der Waals surface area contributed by atoms with Gasteiger partial charge < -0.3 is 10.1 Å². The zero-order valence-corrected chi connectivity index (χ0v) is 9.21. The smallest absolute Gasteiger partial charge is 0.352 e. The van der Waals surface area contributed by atoms with Gasteiger partial charge in [0.25, 0.3) is 0 Å². The molecule has 2 aromatic rings. The molecule has 0 bridgehead atoms.